The fourth-order valence-corrected chi connectivity index (χ4v) is 4.38. The van der Waals surface area contributed by atoms with Gasteiger partial charge in [0.05, 0.1) is 0 Å². The van der Waals surface area contributed by atoms with Gasteiger partial charge < -0.3 is 0 Å². The molecule has 0 bridgehead atoms. The molecule has 0 unspecified atom stereocenters. The molecule has 5 rings (SSSR count). The molecule has 0 atom stereocenters. The van der Waals surface area contributed by atoms with Gasteiger partial charge in [0.15, 0.2) is 0 Å². The second kappa shape index (κ2) is 7.22. The summed E-state index contributed by atoms with van der Waals surface area (Å²) in [6.45, 7) is 4.49. The lowest BCUT2D eigenvalue weighted by Gasteiger charge is -2.19. The highest BCUT2D eigenvalue weighted by Gasteiger charge is 2.17. The molecule has 0 heterocycles. The van der Waals surface area contributed by atoms with Gasteiger partial charge in [0.1, 0.15) is 0 Å². The minimum atomic E-state index is 0.533. The van der Waals surface area contributed by atoms with Crippen LogP contribution >= 0.6 is 0 Å². The number of hydrogen-bond acceptors (Lipinski definition) is 0. The van der Waals surface area contributed by atoms with Gasteiger partial charge in [-0.05, 0) is 55.3 Å². The summed E-state index contributed by atoms with van der Waals surface area (Å²) in [5, 5.41) is 5.23. The fraction of sp³-hybridized carbons (Fsp3) is 0.103. The molecule has 0 spiro atoms. The summed E-state index contributed by atoms with van der Waals surface area (Å²) in [7, 11) is 0. The summed E-state index contributed by atoms with van der Waals surface area (Å²) >= 11 is 0. The first-order chi connectivity index (χ1) is 14.2. The van der Waals surface area contributed by atoms with E-state index in [1.807, 2.05) is 0 Å². The molecule has 0 fully saturated rings. The molecule has 140 valence electrons. The maximum absolute atomic E-state index is 2.29. The van der Waals surface area contributed by atoms with E-state index in [0.717, 1.165) is 0 Å². The molecule has 5 aromatic rings. The van der Waals surface area contributed by atoms with Crippen LogP contribution in [0.2, 0.25) is 0 Å². The Kier molecular flexibility index (Phi) is 4.41. The molecule has 0 nitrogen and oxygen atoms in total. The highest BCUT2D eigenvalue weighted by molar-refractivity contribution is 6.21. The van der Waals surface area contributed by atoms with Crippen LogP contribution in [-0.2, 0) is 0 Å². The molecule has 0 aliphatic heterocycles. The second-order valence-electron chi connectivity index (χ2n) is 7.98. The van der Waals surface area contributed by atoms with E-state index >= 15 is 0 Å². The summed E-state index contributed by atoms with van der Waals surface area (Å²) in [6.07, 6.45) is 0. The summed E-state index contributed by atoms with van der Waals surface area (Å²) in [4.78, 5) is 0. The van der Waals surface area contributed by atoms with Crippen LogP contribution in [0.25, 0.3) is 43.8 Å². The first-order valence-electron chi connectivity index (χ1n) is 10.3. The predicted molar refractivity (Wildman–Crippen MR) is 126 cm³/mol. The number of fused-ring (bicyclic) bond motifs is 3. The molecule has 0 aromatic heterocycles. The maximum atomic E-state index is 2.29. The number of rotatable bonds is 3. The van der Waals surface area contributed by atoms with Crippen LogP contribution in [-0.4, -0.2) is 0 Å². The Labute approximate surface area is 172 Å². The molecule has 5 aromatic carbocycles. The zero-order valence-electron chi connectivity index (χ0n) is 16.9. The van der Waals surface area contributed by atoms with Crippen LogP contribution in [0.5, 0.6) is 0 Å². The van der Waals surface area contributed by atoms with Gasteiger partial charge in [0, 0.05) is 0 Å². The first kappa shape index (κ1) is 17.7. The topological polar surface area (TPSA) is 0 Å². The smallest absolute Gasteiger partial charge is 0.00203 e. The Hall–Kier alpha value is -3.38. The van der Waals surface area contributed by atoms with Gasteiger partial charge in [-0.3, -0.25) is 0 Å². The number of hydrogen-bond donors (Lipinski definition) is 0. The van der Waals surface area contributed by atoms with Gasteiger partial charge in [-0.2, -0.15) is 0 Å². The Balaban J connectivity index is 1.95. The van der Waals surface area contributed by atoms with Crippen LogP contribution in [0.3, 0.4) is 0 Å². The molecule has 0 radical (unpaired) electrons. The van der Waals surface area contributed by atoms with Gasteiger partial charge >= 0.3 is 0 Å². The highest BCUT2D eigenvalue weighted by atomic mass is 14.2. The Morgan fingerprint density at radius 3 is 1.31 bits per heavy atom. The molecule has 0 saturated heterocycles. The van der Waals surface area contributed by atoms with Crippen molar-refractivity contribution in [3.63, 3.8) is 0 Å². The van der Waals surface area contributed by atoms with Crippen molar-refractivity contribution in [2.24, 2.45) is 0 Å². The van der Waals surface area contributed by atoms with Gasteiger partial charge in [0.2, 0.25) is 0 Å². The van der Waals surface area contributed by atoms with Gasteiger partial charge in [-0.15, -0.1) is 0 Å². The van der Waals surface area contributed by atoms with Crippen LogP contribution in [0.4, 0.5) is 0 Å². The third kappa shape index (κ3) is 3.02. The van der Waals surface area contributed by atoms with Crippen LogP contribution < -0.4 is 0 Å². The quantitative estimate of drug-likeness (QED) is 0.279. The number of benzene rings is 5. The molecule has 0 heteroatoms. The monoisotopic (exact) mass is 372 g/mol. The van der Waals surface area contributed by atoms with Crippen LogP contribution in [0.15, 0.2) is 103 Å². The average molecular weight is 373 g/mol. The van der Waals surface area contributed by atoms with E-state index in [1.54, 1.807) is 0 Å². The third-order valence-corrected chi connectivity index (χ3v) is 5.86. The van der Waals surface area contributed by atoms with E-state index in [2.05, 4.69) is 117 Å². The normalized spacial score (nSPS) is 11.4. The molecule has 29 heavy (non-hydrogen) atoms. The van der Waals surface area contributed by atoms with Crippen molar-refractivity contribution in [1.82, 2.24) is 0 Å². The summed E-state index contributed by atoms with van der Waals surface area (Å²) in [5.41, 5.74) is 6.55. The second-order valence-corrected chi connectivity index (χ2v) is 7.98. The summed E-state index contributed by atoms with van der Waals surface area (Å²) in [5.74, 6) is 0.533. The lowest BCUT2D eigenvalue weighted by Crippen LogP contribution is -1.92. The van der Waals surface area contributed by atoms with Gasteiger partial charge in [-0.1, -0.05) is 117 Å². The molecular formula is C29H24. The van der Waals surface area contributed by atoms with Gasteiger partial charge in [0.25, 0.3) is 0 Å². The van der Waals surface area contributed by atoms with E-state index in [-0.39, 0.29) is 0 Å². The largest absolute Gasteiger partial charge is 0.0622 e. The summed E-state index contributed by atoms with van der Waals surface area (Å²) in [6, 6.07) is 37.5. The van der Waals surface area contributed by atoms with E-state index in [4.69, 9.17) is 0 Å². The minimum absolute atomic E-state index is 0.533. The standard InChI is InChI=1S/C29H24/c1-20(2)21-16-18-23(19-17-21)29-27-15-9-7-13-25(27)24-12-6-8-14-26(24)28(29)22-10-4-3-5-11-22/h3-20H,1-2H3. The average Bonchev–Trinajstić information content (AvgIpc) is 2.79. The maximum Gasteiger partial charge on any atom is -0.00203 e. The van der Waals surface area contributed by atoms with Crippen molar-refractivity contribution in [2.75, 3.05) is 0 Å². The van der Waals surface area contributed by atoms with E-state index in [0.29, 0.717) is 5.92 Å². The highest BCUT2D eigenvalue weighted by Crippen LogP contribution is 2.44. The molecule has 0 aliphatic carbocycles. The molecule has 0 N–H and O–H groups in total. The van der Waals surface area contributed by atoms with Gasteiger partial charge in [-0.25, -0.2) is 0 Å². The molecular weight excluding hydrogens is 348 g/mol. The van der Waals surface area contributed by atoms with Crippen LogP contribution in [0.1, 0.15) is 25.3 Å². The van der Waals surface area contributed by atoms with E-state index in [9.17, 15) is 0 Å². The summed E-state index contributed by atoms with van der Waals surface area (Å²) < 4.78 is 0. The lowest BCUT2D eigenvalue weighted by molar-refractivity contribution is 0.867. The third-order valence-electron chi connectivity index (χ3n) is 5.86. The zero-order chi connectivity index (χ0) is 19.8. The predicted octanol–water partition coefficient (Wildman–Crippen LogP) is 8.45. The van der Waals surface area contributed by atoms with Crippen molar-refractivity contribution >= 4 is 21.5 Å². The van der Waals surface area contributed by atoms with Crippen molar-refractivity contribution in [2.45, 2.75) is 19.8 Å². The zero-order valence-corrected chi connectivity index (χ0v) is 16.9. The lowest BCUT2D eigenvalue weighted by atomic mass is 9.84. The minimum Gasteiger partial charge on any atom is -0.0622 e. The van der Waals surface area contributed by atoms with Crippen molar-refractivity contribution in [3.05, 3.63) is 109 Å². The van der Waals surface area contributed by atoms with E-state index in [1.165, 1.54) is 49.4 Å². The Bertz CT molecular complexity index is 1290. The Morgan fingerprint density at radius 1 is 0.414 bits per heavy atom. The molecule has 0 aliphatic rings. The van der Waals surface area contributed by atoms with E-state index < -0.39 is 0 Å². The van der Waals surface area contributed by atoms with Crippen molar-refractivity contribution < 1.29 is 0 Å². The molecule has 0 amide bonds. The van der Waals surface area contributed by atoms with Crippen molar-refractivity contribution in [3.8, 4) is 22.3 Å². The van der Waals surface area contributed by atoms with Crippen molar-refractivity contribution in [1.29, 1.82) is 0 Å². The first-order valence-corrected chi connectivity index (χ1v) is 10.3. The SMILES string of the molecule is CC(C)c1ccc(-c2c(-c3ccccc3)c3ccccc3c3ccccc23)cc1. The van der Waals surface area contributed by atoms with Crippen LogP contribution in [0, 0.1) is 0 Å². The fourth-order valence-electron chi connectivity index (χ4n) is 4.38. The molecule has 0 saturated carbocycles. The Morgan fingerprint density at radius 2 is 0.828 bits per heavy atom.